The van der Waals surface area contributed by atoms with E-state index in [1.54, 1.807) is 24.3 Å². The van der Waals surface area contributed by atoms with Crippen LogP contribution in [0, 0.1) is 99.3 Å². The van der Waals surface area contributed by atoms with Gasteiger partial charge in [-0.1, -0.05) is 83.1 Å². The van der Waals surface area contributed by atoms with E-state index in [0.717, 1.165) is 0 Å². The van der Waals surface area contributed by atoms with E-state index in [1.807, 2.05) is 107 Å². The summed E-state index contributed by atoms with van der Waals surface area (Å²) in [5.41, 5.74) is -3.16. The molecule has 4 aliphatic rings. The summed E-state index contributed by atoms with van der Waals surface area (Å²) in [6.07, 6.45) is 12.7. The van der Waals surface area contributed by atoms with Crippen molar-refractivity contribution in [3.63, 3.8) is 0 Å². The minimum atomic E-state index is -2.39. The smallest absolute Gasteiger partial charge is 0.200 e. The Kier molecular flexibility index (Phi) is 14.4. The number of nitrogens with one attached hydrogen (secondary N) is 2. The van der Waals surface area contributed by atoms with Crippen LogP contribution >= 0.6 is 22.7 Å². The summed E-state index contributed by atoms with van der Waals surface area (Å²) in [7, 11) is 0. The van der Waals surface area contributed by atoms with Gasteiger partial charge in [0.25, 0.3) is 0 Å². The van der Waals surface area contributed by atoms with Crippen molar-refractivity contribution >= 4 is 91.8 Å². The zero-order valence-electron chi connectivity index (χ0n) is 48.5. The van der Waals surface area contributed by atoms with Crippen LogP contribution in [-0.2, 0) is 9.59 Å². The molecule has 0 fully saturated rings. The highest BCUT2D eigenvalue weighted by Gasteiger charge is 2.37. The molecule has 2 N–H and O–H groups in total. The summed E-state index contributed by atoms with van der Waals surface area (Å²) in [4.78, 5) is 44.0. The van der Waals surface area contributed by atoms with Gasteiger partial charge in [0, 0.05) is 84.1 Å². The number of nitrogens with zero attached hydrogens (tertiary/aromatic N) is 2. The van der Waals surface area contributed by atoms with Crippen molar-refractivity contribution in [3.8, 4) is 22.3 Å². The van der Waals surface area contributed by atoms with Gasteiger partial charge >= 0.3 is 0 Å². The van der Waals surface area contributed by atoms with E-state index in [1.165, 1.54) is 71.2 Å². The predicted molar refractivity (Wildman–Crippen MR) is 320 cm³/mol. The van der Waals surface area contributed by atoms with E-state index in [0.29, 0.717) is 51.6 Å². The van der Waals surface area contributed by atoms with Crippen molar-refractivity contribution in [2.24, 2.45) is 21.7 Å². The molecule has 7 heterocycles. The molecule has 0 unspecified atom stereocenters. The summed E-state index contributed by atoms with van der Waals surface area (Å²) in [5, 5.41) is 0.405. The lowest BCUT2D eigenvalue weighted by molar-refractivity contribution is -0.114. The van der Waals surface area contributed by atoms with Gasteiger partial charge in [-0.3, -0.25) is 9.59 Å². The van der Waals surface area contributed by atoms with Crippen molar-refractivity contribution in [2.45, 2.75) is 83.1 Å². The maximum Gasteiger partial charge on any atom is 0.200 e. The normalized spacial score (nSPS) is 15.9. The van der Waals surface area contributed by atoms with Crippen LogP contribution in [0.1, 0.15) is 106 Å². The Morgan fingerprint density at radius 3 is 0.872 bits per heavy atom. The first-order valence-electron chi connectivity index (χ1n) is 27.3. The maximum absolute atomic E-state index is 16.5. The van der Waals surface area contributed by atoms with Gasteiger partial charge in [0.15, 0.2) is 58.1 Å². The summed E-state index contributed by atoms with van der Waals surface area (Å²) in [6.45, 7) is 23.0. The molecule has 440 valence electrons. The molecule has 0 radical (unpaired) electrons. The number of hydrogen-bond acceptors (Lipinski definition) is 6. The van der Waals surface area contributed by atoms with Crippen molar-refractivity contribution in [1.29, 1.82) is 0 Å². The molecule has 11 rings (SSSR count). The molecule has 2 aromatic carbocycles. The van der Waals surface area contributed by atoms with Gasteiger partial charge in [-0.15, -0.1) is 22.7 Å². The number of halogens is 10. The topological polar surface area (TPSA) is 91.5 Å². The van der Waals surface area contributed by atoms with Gasteiger partial charge in [-0.05, 0) is 130 Å². The molecule has 2 aliphatic heterocycles. The number of fused-ring (bicyclic) bond motifs is 8. The minimum absolute atomic E-state index is 0.0295. The third-order valence-electron chi connectivity index (χ3n) is 15.4. The van der Waals surface area contributed by atoms with Crippen molar-refractivity contribution in [3.05, 3.63) is 205 Å². The highest BCUT2D eigenvalue weighted by molar-refractivity contribution is 7.08. The first kappa shape index (κ1) is 59.5. The van der Waals surface area contributed by atoms with Crippen molar-refractivity contribution in [1.82, 2.24) is 19.9 Å². The zero-order valence-corrected chi connectivity index (χ0v) is 50.2. The zero-order chi connectivity index (χ0) is 62.3. The highest BCUT2D eigenvalue weighted by Crippen LogP contribution is 2.43. The van der Waals surface area contributed by atoms with Crippen LogP contribution in [0.2, 0.25) is 0 Å². The van der Waals surface area contributed by atoms with E-state index in [4.69, 9.17) is 9.97 Å². The SMILES string of the molecule is CC(C)(C)C1=CC(=c2cc/c(=c3\c4nc(c(-c5c(F)c(F)c(F)c(F)c5F)c5ccc([nH]5)/c(=c5\ccc(=C6C=C(C(C)(C)C)C(=O)C(C(C)(C)C)=C6)s5)c5nc(c(-c6c(F)c(F)c(F)c(F)c6F)c6ccc3[nH]6)C=C5)C=C4)s2)C=C(C(C)(C)C)C1=O. The van der Waals surface area contributed by atoms with Crippen LogP contribution in [0.4, 0.5) is 43.9 Å². The number of rotatable bonds is 2. The molecule has 0 atom stereocenters. The minimum Gasteiger partial charge on any atom is -0.354 e. The molecular formula is C68H54F10N4O2S2. The van der Waals surface area contributed by atoms with E-state index in [-0.39, 0.29) is 66.8 Å². The Morgan fingerprint density at radius 2 is 0.581 bits per heavy atom. The van der Waals surface area contributed by atoms with Crippen molar-refractivity contribution < 1.29 is 53.5 Å². The van der Waals surface area contributed by atoms with Gasteiger partial charge in [-0.2, -0.15) is 0 Å². The van der Waals surface area contributed by atoms with Crippen LogP contribution in [0.15, 0.2) is 95.1 Å². The van der Waals surface area contributed by atoms with Crippen LogP contribution in [0.3, 0.4) is 0 Å². The fourth-order valence-electron chi connectivity index (χ4n) is 10.9. The number of H-pyrrole nitrogens is 2. The number of carbonyl (C=O) groups is 2. The number of carbonyl (C=O) groups excluding carboxylic acids is 2. The van der Waals surface area contributed by atoms with E-state index < -0.39 is 102 Å². The molecule has 86 heavy (non-hydrogen) atoms. The quantitative estimate of drug-likeness (QED) is 0.102. The molecular weight excluding hydrogens is 1160 g/mol. The van der Waals surface area contributed by atoms with Crippen LogP contribution in [0.25, 0.3) is 79.8 Å². The Hall–Kier alpha value is -8.22. The van der Waals surface area contributed by atoms with E-state index in [9.17, 15) is 18.4 Å². The molecule has 2 aliphatic carbocycles. The number of benzene rings is 2. The van der Waals surface area contributed by atoms with Crippen molar-refractivity contribution in [2.75, 3.05) is 0 Å². The number of allylic oxidation sites excluding steroid dienone is 8. The molecule has 18 heteroatoms. The second kappa shape index (κ2) is 20.7. The summed E-state index contributed by atoms with van der Waals surface area (Å²) < 4.78 is 160. The predicted octanol–water partition coefficient (Wildman–Crippen LogP) is 17.4. The molecule has 0 spiro atoms. The van der Waals surface area contributed by atoms with Crippen LogP contribution < -0.4 is 9.06 Å². The summed E-state index contributed by atoms with van der Waals surface area (Å²) >= 11 is 2.43. The Labute approximate surface area is 494 Å². The lowest BCUT2D eigenvalue weighted by Gasteiger charge is -2.31. The molecule has 8 bridgehead atoms. The first-order chi connectivity index (χ1) is 40.1. The standard InChI is InChI=1S/C68H54F10N4O2S2/c1-65(2,3)31-25-29(26-32(63(31)83)66(4,5)6)43-21-23-45(85-43)47-35-13-17-39(79-35)49(51-53(69)57(73)61(77)58(74)54(51)70)41-19-15-37(81-41)48(46-24-22-44(86-46)30-27-33(67(7,8)9)64(84)34(28-30)68(10,11)12)38-16-20-42(82-38)50(40-18-14-36(47)80-40)52-55(71)59(75)62(78)60(76)56(52)72/h13-28,79,82H,1-12H3/b47-45-,48-46-,49-41?,50-40?. The number of Topliss-reactive ketones (excluding diaryl/α,β-unsaturated/α-hetero) is 2. The summed E-state index contributed by atoms with van der Waals surface area (Å²) in [5.74, 6) is -22.5. The molecule has 0 saturated heterocycles. The second-order valence-corrected chi connectivity index (χ2v) is 27.7. The fraction of sp³-hybridized carbons (Fsp3) is 0.235. The number of aromatic amines is 2. The second-order valence-electron chi connectivity index (χ2n) is 25.5. The lowest BCUT2D eigenvalue weighted by Crippen LogP contribution is -2.28. The van der Waals surface area contributed by atoms with Gasteiger partial charge < -0.3 is 9.97 Å². The van der Waals surface area contributed by atoms with Gasteiger partial charge in [0.05, 0.1) is 33.9 Å². The summed E-state index contributed by atoms with van der Waals surface area (Å²) in [6, 6.07) is 12.6. The number of ketones is 2. The van der Waals surface area contributed by atoms with E-state index in [2.05, 4.69) is 9.97 Å². The van der Waals surface area contributed by atoms with Gasteiger partial charge in [-0.25, -0.2) is 53.9 Å². The number of aromatic nitrogens is 4. The Bertz CT molecular complexity index is 4520. The average Bonchev–Trinajstić information content (AvgIpc) is 1.53. The fourth-order valence-corrected chi connectivity index (χ4v) is 13.0. The molecule has 6 nitrogen and oxygen atoms in total. The third kappa shape index (κ3) is 10.0. The maximum atomic E-state index is 16.5. The van der Waals surface area contributed by atoms with Crippen LogP contribution in [-0.4, -0.2) is 31.5 Å². The first-order valence-corrected chi connectivity index (χ1v) is 28.9. The lowest BCUT2D eigenvalue weighted by atomic mass is 9.72. The third-order valence-corrected chi connectivity index (χ3v) is 17.7. The largest absolute Gasteiger partial charge is 0.354 e. The number of hydrogen-bond donors (Lipinski definition) is 2. The Morgan fingerprint density at radius 1 is 0.326 bits per heavy atom. The highest BCUT2D eigenvalue weighted by atomic mass is 32.1. The van der Waals surface area contributed by atoms with E-state index >= 15 is 35.1 Å². The monoisotopic (exact) mass is 1210 g/mol. The van der Waals surface area contributed by atoms with Gasteiger partial charge in [0.1, 0.15) is 0 Å². The molecule has 0 saturated carbocycles. The molecule has 0 amide bonds. The molecule has 7 aromatic rings. The average molecular weight is 1210 g/mol. The Balaban J connectivity index is 1.37. The van der Waals surface area contributed by atoms with Gasteiger partial charge in [0.2, 0.25) is 11.6 Å². The molecule has 5 aromatic heterocycles. The van der Waals surface area contributed by atoms with Crippen LogP contribution in [0.5, 0.6) is 0 Å². The number of thiophene rings is 2.